The summed E-state index contributed by atoms with van der Waals surface area (Å²) >= 11 is 13.5. The summed E-state index contributed by atoms with van der Waals surface area (Å²) < 4.78 is 48.2. The molecule has 3 aromatic heterocycles. The number of hydrogen-bond acceptors (Lipinski definition) is 7. The number of benzene rings is 2. The second-order valence-corrected chi connectivity index (χ2v) is 11.1. The van der Waals surface area contributed by atoms with Gasteiger partial charge in [0, 0.05) is 27.2 Å². The number of hydrogen-bond donors (Lipinski definition) is 1. The third-order valence-corrected chi connectivity index (χ3v) is 8.31. The number of nitriles is 1. The number of aryl methyl sites for hydroxylation is 2. The smallest absolute Gasteiger partial charge is 0.417 e. The Labute approximate surface area is 249 Å². The van der Waals surface area contributed by atoms with Gasteiger partial charge in [0.15, 0.2) is 0 Å². The molecule has 0 saturated heterocycles. The van der Waals surface area contributed by atoms with Crippen molar-refractivity contribution in [2.45, 2.75) is 26.6 Å². The first kappa shape index (κ1) is 29.3. The highest BCUT2D eigenvalue weighted by molar-refractivity contribution is 7.20. The molecule has 5 rings (SSSR count). The maximum absolute atomic E-state index is 13.5. The Morgan fingerprint density at radius 1 is 1.19 bits per heavy atom. The third kappa shape index (κ3) is 5.04. The van der Waals surface area contributed by atoms with Gasteiger partial charge in [0.1, 0.15) is 24.3 Å². The number of carboxylic acids is 1. The first-order valence-electron chi connectivity index (χ1n) is 12.1. The van der Waals surface area contributed by atoms with E-state index < -0.39 is 33.9 Å². The predicted molar refractivity (Wildman–Crippen MR) is 153 cm³/mol. The van der Waals surface area contributed by atoms with Crippen LogP contribution in [-0.4, -0.2) is 32.2 Å². The van der Waals surface area contributed by atoms with E-state index in [0.29, 0.717) is 43.1 Å². The first-order valence-corrected chi connectivity index (χ1v) is 13.7. The molecule has 3 heterocycles. The van der Waals surface area contributed by atoms with E-state index in [4.69, 9.17) is 27.9 Å². The lowest BCUT2D eigenvalue weighted by Crippen LogP contribution is -2.27. The van der Waals surface area contributed by atoms with Crippen LogP contribution in [0.4, 0.5) is 13.2 Å². The Hall–Kier alpha value is -4.18. The highest BCUT2D eigenvalue weighted by atomic mass is 35.5. The summed E-state index contributed by atoms with van der Waals surface area (Å²) in [7, 11) is 0. The van der Waals surface area contributed by atoms with Crippen molar-refractivity contribution in [3.05, 3.63) is 84.3 Å². The summed E-state index contributed by atoms with van der Waals surface area (Å²) in [6.45, 7) is 3.01. The van der Waals surface area contributed by atoms with E-state index >= 15 is 0 Å². The quantitative estimate of drug-likeness (QED) is 0.209. The number of pyridine rings is 1. The van der Waals surface area contributed by atoms with E-state index in [1.807, 2.05) is 0 Å². The molecular weight excluding hydrogens is 616 g/mol. The van der Waals surface area contributed by atoms with Crippen LogP contribution in [0.3, 0.4) is 0 Å². The second kappa shape index (κ2) is 10.9. The second-order valence-electron chi connectivity index (χ2n) is 9.10. The van der Waals surface area contributed by atoms with E-state index in [1.54, 1.807) is 37.3 Å². The van der Waals surface area contributed by atoms with Crippen molar-refractivity contribution in [1.29, 1.82) is 5.26 Å². The number of fused-ring (bicyclic) bond motifs is 2. The fourth-order valence-electron chi connectivity index (χ4n) is 4.69. The van der Waals surface area contributed by atoms with Crippen molar-refractivity contribution >= 4 is 61.6 Å². The molecule has 0 saturated carbocycles. The zero-order chi connectivity index (χ0) is 30.5. The third-order valence-electron chi connectivity index (χ3n) is 6.56. The van der Waals surface area contributed by atoms with Crippen molar-refractivity contribution in [1.82, 2.24) is 14.5 Å². The maximum atomic E-state index is 13.5. The van der Waals surface area contributed by atoms with E-state index in [9.17, 15) is 33.1 Å². The van der Waals surface area contributed by atoms with Gasteiger partial charge < -0.3 is 9.84 Å². The normalized spacial score (nSPS) is 11.7. The highest BCUT2D eigenvalue weighted by Gasteiger charge is 2.36. The number of aromatic nitrogens is 3. The zero-order valence-corrected chi connectivity index (χ0v) is 24.0. The zero-order valence-electron chi connectivity index (χ0n) is 21.6. The Kier molecular flexibility index (Phi) is 7.61. The molecule has 42 heavy (non-hydrogen) atoms. The van der Waals surface area contributed by atoms with Crippen LogP contribution in [0.25, 0.3) is 32.2 Å². The van der Waals surface area contributed by atoms with Gasteiger partial charge in [-0.05, 0) is 44.2 Å². The van der Waals surface area contributed by atoms with Gasteiger partial charge in [0.2, 0.25) is 0 Å². The minimum atomic E-state index is -4.84. The molecule has 0 bridgehead atoms. The molecular formula is C28H17Cl2F3N4O4S. The average molecular weight is 633 g/mol. The van der Waals surface area contributed by atoms with Crippen molar-refractivity contribution < 1.29 is 27.8 Å². The van der Waals surface area contributed by atoms with Gasteiger partial charge in [-0.25, -0.2) is 9.78 Å². The molecule has 0 aliphatic rings. The molecule has 0 aliphatic heterocycles. The molecule has 8 nitrogen and oxygen atoms in total. The molecule has 0 atom stereocenters. The molecule has 0 aliphatic carbocycles. The van der Waals surface area contributed by atoms with Gasteiger partial charge in [-0.15, -0.1) is 11.3 Å². The monoisotopic (exact) mass is 632 g/mol. The number of halogens is 5. The summed E-state index contributed by atoms with van der Waals surface area (Å²) in [5, 5.41) is 18.4. The van der Waals surface area contributed by atoms with E-state index in [1.165, 1.54) is 29.0 Å². The Morgan fingerprint density at radius 3 is 2.60 bits per heavy atom. The molecule has 214 valence electrons. The summed E-state index contributed by atoms with van der Waals surface area (Å²) in [4.78, 5) is 34.2. The molecule has 0 spiro atoms. The Balaban J connectivity index is 1.52. The van der Waals surface area contributed by atoms with Crippen LogP contribution in [0.2, 0.25) is 10.0 Å². The van der Waals surface area contributed by atoms with Crippen molar-refractivity contribution in [2.24, 2.45) is 0 Å². The van der Waals surface area contributed by atoms with Gasteiger partial charge in [-0.2, -0.15) is 18.4 Å². The number of ether oxygens (including phenoxy) is 1. The van der Waals surface area contributed by atoms with Crippen LogP contribution in [-0.2, 0) is 12.7 Å². The van der Waals surface area contributed by atoms with E-state index in [2.05, 4.69) is 9.97 Å². The maximum Gasteiger partial charge on any atom is 0.417 e. The molecule has 14 heteroatoms. The number of carboxylic acid groups (broad SMARTS) is 1. The van der Waals surface area contributed by atoms with Crippen LogP contribution in [0.1, 0.15) is 32.2 Å². The fourth-order valence-corrected chi connectivity index (χ4v) is 6.29. The molecule has 0 amide bonds. The summed E-state index contributed by atoms with van der Waals surface area (Å²) in [6.07, 6.45) is -3.35. The molecule has 0 radical (unpaired) electrons. The van der Waals surface area contributed by atoms with Gasteiger partial charge >= 0.3 is 12.1 Å². The lowest BCUT2D eigenvalue weighted by atomic mass is 10.0. The lowest BCUT2D eigenvalue weighted by molar-refractivity contribution is -0.137. The van der Waals surface area contributed by atoms with Gasteiger partial charge in [0.05, 0.1) is 49.4 Å². The Bertz CT molecular complexity index is 2030. The largest absolute Gasteiger partial charge is 0.491 e. The van der Waals surface area contributed by atoms with Crippen LogP contribution >= 0.6 is 34.5 Å². The van der Waals surface area contributed by atoms with Crippen LogP contribution in [0, 0.1) is 25.2 Å². The first-order chi connectivity index (χ1) is 19.8. The molecule has 2 aromatic carbocycles. The standard InChI is InChI=1S/C28H17Cl2F3N4O4S/c1-12-21(27(39)40)24-25(42-12)15(5-6-35-24)16-9-14(29)3-4-20(16)41-8-7-37-13(2)36-19-10-18(28(31,32)33)23(30)17(11-34)22(19)26(37)38/h3-6,9-10H,7-8H2,1-2H3,(H,39,40). The number of nitrogens with zero attached hydrogens (tertiary/aromatic N) is 4. The molecule has 0 fully saturated rings. The SMILES string of the molecule is Cc1sc2c(-c3cc(Cl)ccc3OCCn3c(C)nc4cc(C(F)(F)F)c(Cl)c(C#N)c4c3=O)ccnc2c1C(=O)O. The van der Waals surface area contributed by atoms with Crippen LogP contribution in [0.15, 0.2) is 41.3 Å². The van der Waals surface area contributed by atoms with E-state index in [0.717, 1.165) is 0 Å². The highest BCUT2D eigenvalue weighted by Crippen LogP contribution is 2.41. The van der Waals surface area contributed by atoms with Gasteiger partial charge in [-0.1, -0.05) is 23.2 Å². The summed E-state index contributed by atoms with van der Waals surface area (Å²) in [5.41, 5.74) is -1.25. The van der Waals surface area contributed by atoms with Crippen molar-refractivity contribution in [3.8, 4) is 22.9 Å². The van der Waals surface area contributed by atoms with E-state index in [-0.39, 0.29) is 35.4 Å². The number of aromatic carboxylic acids is 1. The minimum Gasteiger partial charge on any atom is -0.491 e. The van der Waals surface area contributed by atoms with Gasteiger partial charge in [-0.3, -0.25) is 14.3 Å². The van der Waals surface area contributed by atoms with Gasteiger partial charge in [0.25, 0.3) is 5.56 Å². The summed E-state index contributed by atoms with van der Waals surface area (Å²) in [6, 6.07) is 8.88. The Morgan fingerprint density at radius 2 is 1.93 bits per heavy atom. The summed E-state index contributed by atoms with van der Waals surface area (Å²) in [5.74, 6) is -0.603. The number of thiophene rings is 1. The van der Waals surface area contributed by atoms with Crippen molar-refractivity contribution in [3.63, 3.8) is 0 Å². The lowest BCUT2D eigenvalue weighted by Gasteiger charge is -2.16. The number of carbonyl (C=O) groups is 1. The van der Waals surface area contributed by atoms with Crippen LogP contribution in [0.5, 0.6) is 5.75 Å². The molecule has 5 aromatic rings. The minimum absolute atomic E-state index is 0.0633. The van der Waals surface area contributed by atoms with Crippen molar-refractivity contribution in [2.75, 3.05) is 6.61 Å². The number of rotatable bonds is 6. The topological polar surface area (TPSA) is 118 Å². The fraction of sp³-hybridized carbons (Fsp3) is 0.179. The molecule has 0 unspecified atom stereocenters. The predicted octanol–water partition coefficient (Wildman–Crippen LogP) is 7.26. The van der Waals surface area contributed by atoms with Crippen LogP contribution < -0.4 is 10.3 Å². The average Bonchev–Trinajstić information content (AvgIpc) is 3.26. The number of alkyl halides is 3. The molecule has 1 N–H and O–H groups in total.